The molecule has 0 unspecified atom stereocenters. The molecule has 4 heteroatoms. The molecule has 122 valence electrons. The Labute approximate surface area is 146 Å². The molecule has 0 saturated heterocycles. The fourth-order valence-corrected chi connectivity index (χ4v) is 3.28. The molecule has 0 bridgehead atoms. The highest BCUT2D eigenvalue weighted by Gasteiger charge is 2.03. The molecule has 1 heterocycles. The third-order valence-electron chi connectivity index (χ3n) is 3.73. The van der Waals surface area contributed by atoms with E-state index < -0.39 is 0 Å². The van der Waals surface area contributed by atoms with Gasteiger partial charge in [0, 0.05) is 24.1 Å². The monoisotopic (exact) mass is 336 g/mol. The number of thioether (sulfide) groups is 1. The second-order valence-electron chi connectivity index (χ2n) is 5.53. The number of nitrogens with zero attached hydrogens (tertiary/aromatic N) is 1. The van der Waals surface area contributed by atoms with Crippen LogP contribution in [0.15, 0.2) is 71.8 Å². The molecule has 0 aliphatic rings. The van der Waals surface area contributed by atoms with Crippen molar-refractivity contribution in [3.05, 3.63) is 72.3 Å². The molecule has 1 N–H and O–H groups in total. The van der Waals surface area contributed by atoms with Gasteiger partial charge in [0.2, 0.25) is 5.91 Å². The zero-order valence-corrected chi connectivity index (χ0v) is 14.3. The van der Waals surface area contributed by atoms with Crippen LogP contribution in [0.25, 0.3) is 10.9 Å². The minimum Gasteiger partial charge on any atom is -0.356 e. The number of nitrogens with one attached hydrogen (secondary N) is 1. The Balaban J connectivity index is 1.39. The highest BCUT2D eigenvalue weighted by Crippen LogP contribution is 2.20. The normalized spacial score (nSPS) is 10.7. The molecule has 3 aromatic rings. The Bertz CT molecular complexity index is 805. The maximum absolute atomic E-state index is 11.9. The third kappa shape index (κ3) is 4.83. The summed E-state index contributed by atoms with van der Waals surface area (Å²) in [4.78, 5) is 16.5. The first kappa shape index (κ1) is 16.5. The van der Waals surface area contributed by atoms with Crippen LogP contribution < -0.4 is 5.32 Å². The van der Waals surface area contributed by atoms with Crippen LogP contribution in [-0.4, -0.2) is 23.2 Å². The van der Waals surface area contributed by atoms with Crippen LogP contribution in [-0.2, 0) is 11.2 Å². The topological polar surface area (TPSA) is 42.0 Å². The summed E-state index contributed by atoms with van der Waals surface area (Å²) in [5.41, 5.74) is 2.24. The number of carbonyl (C=O) groups excluding carboxylic acids is 1. The summed E-state index contributed by atoms with van der Waals surface area (Å²) in [6.07, 6.45) is 1.37. The summed E-state index contributed by atoms with van der Waals surface area (Å²) in [5, 5.41) is 5.08. The molecule has 0 radical (unpaired) electrons. The average Bonchev–Trinajstić information content (AvgIpc) is 2.62. The molecular weight excluding hydrogens is 316 g/mol. The largest absolute Gasteiger partial charge is 0.356 e. The van der Waals surface area contributed by atoms with Gasteiger partial charge in [-0.05, 0) is 24.1 Å². The molecule has 2 aromatic carbocycles. The summed E-state index contributed by atoms with van der Waals surface area (Å²) in [6, 6.07) is 22.3. The van der Waals surface area contributed by atoms with Gasteiger partial charge < -0.3 is 5.32 Å². The molecule has 0 saturated carbocycles. The van der Waals surface area contributed by atoms with Crippen molar-refractivity contribution in [2.75, 3.05) is 12.3 Å². The number of carbonyl (C=O) groups is 1. The number of benzene rings is 2. The van der Waals surface area contributed by atoms with Gasteiger partial charge >= 0.3 is 0 Å². The number of fused-ring (bicyclic) bond motifs is 1. The molecule has 0 fully saturated rings. The average molecular weight is 336 g/mol. The van der Waals surface area contributed by atoms with Gasteiger partial charge in [-0.15, -0.1) is 11.8 Å². The van der Waals surface area contributed by atoms with Crippen molar-refractivity contribution < 1.29 is 4.79 Å². The van der Waals surface area contributed by atoms with Crippen molar-refractivity contribution in [3.63, 3.8) is 0 Å². The number of hydrogen-bond donors (Lipinski definition) is 1. The summed E-state index contributed by atoms with van der Waals surface area (Å²) in [5.74, 6) is 0.835. The molecule has 1 aromatic heterocycles. The molecular formula is C20H20N2OS. The standard InChI is InChI=1S/C20H20N2OS/c23-19(21-14-12-16-6-2-1-3-7-16)13-15-24-20-11-10-17-8-4-5-9-18(17)22-20/h1-11H,12-15H2,(H,21,23). The second-order valence-corrected chi connectivity index (χ2v) is 6.64. The predicted molar refractivity (Wildman–Crippen MR) is 100 cm³/mol. The number of pyridine rings is 1. The summed E-state index contributed by atoms with van der Waals surface area (Å²) in [7, 11) is 0. The van der Waals surface area contributed by atoms with Crippen LogP contribution >= 0.6 is 11.8 Å². The van der Waals surface area contributed by atoms with E-state index in [9.17, 15) is 4.79 Å². The summed E-state index contributed by atoms with van der Waals surface area (Å²) in [6.45, 7) is 0.682. The molecule has 0 atom stereocenters. The van der Waals surface area contributed by atoms with E-state index in [1.165, 1.54) is 5.56 Å². The fourth-order valence-electron chi connectivity index (χ4n) is 2.46. The first-order valence-corrected chi connectivity index (χ1v) is 9.09. The van der Waals surface area contributed by atoms with E-state index in [0.717, 1.165) is 28.1 Å². The maximum Gasteiger partial charge on any atom is 0.220 e. The molecule has 3 rings (SSSR count). The van der Waals surface area contributed by atoms with Crippen LogP contribution in [0.5, 0.6) is 0 Å². The smallest absolute Gasteiger partial charge is 0.220 e. The van der Waals surface area contributed by atoms with Crippen LogP contribution in [0.1, 0.15) is 12.0 Å². The Morgan fingerprint density at radius 1 is 0.958 bits per heavy atom. The lowest BCUT2D eigenvalue weighted by Crippen LogP contribution is -2.25. The Morgan fingerprint density at radius 2 is 1.75 bits per heavy atom. The van der Waals surface area contributed by atoms with Crippen LogP contribution in [0.2, 0.25) is 0 Å². The van der Waals surface area contributed by atoms with Gasteiger partial charge in [0.25, 0.3) is 0 Å². The van der Waals surface area contributed by atoms with E-state index in [1.807, 2.05) is 42.5 Å². The van der Waals surface area contributed by atoms with Gasteiger partial charge in [-0.3, -0.25) is 4.79 Å². The Hall–Kier alpha value is -2.33. The van der Waals surface area contributed by atoms with Crippen LogP contribution in [0.3, 0.4) is 0 Å². The highest BCUT2D eigenvalue weighted by atomic mass is 32.2. The van der Waals surface area contributed by atoms with E-state index in [4.69, 9.17) is 0 Å². The van der Waals surface area contributed by atoms with E-state index in [2.05, 4.69) is 34.6 Å². The Kier molecular flexibility index (Phi) is 5.85. The highest BCUT2D eigenvalue weighted by molar-refractivity contribution is 7.99. The van der Waals surface area contributed by atoms with E-state index >= 15 is 0 Å². The predicted octanol–water partition coefficient (Wildman–Crippen LogP) is 4.08. The van der Waals surface area contributed by atoms with Crippen molar-refractivity contribution in [1.82, 2.24) is 10.3 Å². The molecule has 0 aliphatic carbocycles. The number of rotatable bonds is 7. The lowest BCUT2D eigenvalue weighted by atomic mass is 10.1. The minimum absolute atomic E-state index is 0.0965. The first-order chi connectivity index (χ1) is 11.8. The van der Waals surface area contributed by atoms with Gasteiger partial charge in [0.15, 0.2) is 0 Å². The zero-order valence-electron chi connectivity index (χ0n) is 13.4. The number of amides is 1. The summed E-state index contributed by atoms with van der Waals surface area (Å²) < 4.78 is 0. The maximum atomic E-state index is 11.9. The van der Waals surface area contributed by atoms with Crippen LogP contribution in [0, 0.1) is 0 Å². The molecule has 0 spiro atoms. The molecule has 0 aliphatic heterocycles. The van der Waals surface area contributed by atoms with Gasteiger partial charge in [-0.2, -0.15) is 0 Å². The quantitative estimate of drug-likeness (QED) is 0.661. The number of aromatic nitrogens is 1. The van der Waals surface area contributed by atoms with Gasteiger partial charge in [-0.1, -0.05) is 54.6 Å². The summed E-state index contributed by atoms with van der Waals surface area (Å²) >= 11 is 1.62. The van der Waals surface area contributed by atoms with Gasteiger partial charge in [0.1, 0.15) is 0 Å². The van der Waals surface area contributed by atoms with Crippen molar-refractivity contribution in [2.45, 2.75) is 17.9 Å². The number of para-hydroxylation sites is 1. The SMILES string of the molecule is O=C(CCSc1ccc2ccccc2n1)NCCc1ccccc1. The van der Waals surface area contributed by atoms with Gasteiger partial charge in [-0.25, -0.2) is 4.98 Å². The van der Waals surface area contributed by atoms with Crippen molar-refractivity contribution >= 4 is 28.6 Å². The van der Waals surface area contributed by atoms with Crippen LogP contribution in [0.4, 0.5) is 0 Å². The lowest BCUT2D eigenvalue weighted by molar-refractivity contribution is -0.120. The lowest BCUT2D eigenvalue weighted by Gasteiger charge is -2.06. The number of hydrogen-bond acceptors (Lipinski definition) is 3. The van der Waals surface area contributed by atoms with E-state index in [1.54, 1.807) is 11.8 Å². The van der Waals surface area contributed by atoms with Gasteiger partial charge in [0.05, 0.1) is 10.5 Å². The fraction of sp³-hybridized carbons (Fsp3) is 0.200. The third-order valence-corrected chi connectivity index (χ3v) is 4.66. The minimum atomic E-state index is 0.0965. The van der Waals surface area contributed by atoms with Crippen molar-refractivity contribution in [1.29, 1.82) is 0 Å². The molecule has 24 heavy (non-hydrogen) atoms. The second kappa shape index (κ2) is 8.50. The van der Waals surface area contributed by atoms with Crippen molar-refractivity contribution in [3.8, 4) is 0 Å². The molecule has 1 amide bonds. The van der Waals surface area contributed by atoms with E-state index in [0.29, 0.717) is 13.0 Å². The zero-order chi connectivity index (χ0) is 16.6. The van der Waals surface area contributed by atoms with Crippen molar-refractivity contribution in [2.24, 2.45) is 0 Å². The Morgan fingerprint density at radius 3 is 2.62 bits per heavy atom. The molecule has 3 nitrogen and oxygen atoms in total. The first-order valence-electron chi connectivity index (χ1n) is 8.10. The van der Waals surface area contributed by atoms with E-state index in [-0.39, 0.29) is 5.91 Å².